The number of hydrogen-bond acceptors (Lipinski definition) is 2. The highest BCUT2D eigenvalue weighted by Crippen LogP contribution is 2.29. The Bertz CT molecular complexity index is 219. The van der Waals surface area contributed by atoms with E-state index in [1.165, 1.54) is 50.5 Å². The first-order valence-corrected chi connectivity index (χ1v) is 7.46. The summed E-state index contributed by atoms with van der Waals surface area (Å²) in [6, 6.07) is 0. The van der Waals surface area contributed by atoms with E-state index in [9.17, 15) is 0 Å². The molecule has 0 aromatic carbocycles. The number of ether oxygens (including phenoxy) is 2. The fourth-order valence-electron chi connectivity index (χ4n) is 2.75. The number of rotatable bonds is 9. The van der Waals surface area contributed by atoms with Crippen LogP contribution in [0.1, 0.15) is 51.9 Å². The highest BCUT2D eigenvalue weighted by atomic mass is 16.5. The van der Waals surface area contributed by atoms with Crippen molar-refractivity contribution in [3.05, 3.63) is 12.2 Å². The molecule has 1 atom stereocenters. The van der Waals surface area contributed by atoms with E-state index in [0.29, 0.717) is 19.1 Å². The van der Waals surface area contributed by atoms with Gasteiger partial charge in [-0.1, -0.05) is 44.3 Å². The van der Waals surface area contributed by atoms with Crippen molar-refractivity contribution in [2.45, 2.75) is 51.9 Å². The summed E-state index contributed by atoms with van der Waals surface area (Å²) in [5, 5.41) is 0. The molecule has 1 saturated carbocycles. The van der Waals surface area contributed by atoms with E-state index in [1.807, 2.05) is 0 Å². The summed E-state index contributed by atoms with van der Waals surface area (Å²) in [6.45, 7) is 8.43. The molecule has 0 bridgehead atoms. The van der Waals surface area contributed by atoms with Gasteiger partial charge in [0.05, 0.1) is 19.8 Å². The van der Waals surface area contributed by atoms with Gasteiger partial charge in [0.2, 0.25) is 0 Å². The van der Waals surface area contributed by atoms with Gasteiger partial charge in [0, 0.05) is 13.0 Å². The molecular weight excluding hydrogens is 224 g/mol. The highest BCUT2D eigenvalue weighted by molar-refractivity contribution is 4.96. The molecule has 0 amide bonds. The minimum Gasteiger partial charge on any atom is -0.382 e. The Morgan fingerprint density at radius 1 is 1.22 bits per heavy atom. The van der Waals surface area contributed by atoms with E-state index in [1.54, 1.807) is 7.11 Å². The van der Waals surface area contributed by atoms with E-state index < -0.39 is 0 Å². The predicted octanol–water partition coefficient (Wildman–Crippen LogP) is 4.20. The minimum atomic E-state index is 0.531. The van der Waals surface area contributed by atoms with Gasteiger partial charge in [-0.05, 0) is 25.7 Å². The van der Waals surface area contributed by atoms with Gasteiger partial charge in [0.15, 0.2) is 0 Å². The van der Waals surface area contributed by atoms with Gasteiger partial charge in [0.25, 0.3) is 0 Å². The van der Waals surface area contributed by atoms with Gasteiger partial charge in [-0.25, -0.2) is 0 Å². The molecule has 0 N–H and O–H groups in total. The monoisotopic (exact) mass is 254 g/mol. The Morgan fingerprint density at radius 2 is 1.94 bits per heavy atom. The van der Waals surface area contributed by atoms with Crippen molar-refractivity contribution in [3.63, 3.8) is 0 Å². The third-order valence-electron chi connectivity index (χ3n) is 4.10. The van der Waals surface area contributed by atoms with E-state index in [-0.39, 0.29) is 0 Å². The lowest BCUT2D eigenvalue weighted by molar-refractivity contribution is 0.0544. The summed E-state index contributed by atoms with van der Waals surface area (Å²) in [4.78, 5) is 0. The third-order valence-corrected chi connectivity index (χ3v) is 4.10. The average molecular weight is 254 g/mol. The van der Waals surface area contributed by atoms with Crippen LogP contribution in [0.25, 0.3) is 0 Å². The molecule has 0 radical (unpaired) electrons. The Balaban J connectivity index is 2.17. The lowest BCUT2D eigenvalue weighted by Gasteiger charge is -2.24. The molecule has 0 aromatic heterocycles. The zero-order valence-electron chi connectivity index (χ0n) is 12.2. The third kappa shape index (κ3) is 6.55. The van der Waals surface area contributed by atoms with E-state index in [0.717, 1.165) is 12.5 Å². The Kier molecular flexibility index (Phi) is 8.36. The molecule has 1 fully saturated rings. The maximum atomic E-state index is 5.65. The molecule has 1 aliphatic rings. The van der Waals surface area contributed by atoms with Crippen molar-refractivity contribution in [2.75, 3.05) is 26.9 Å². The van der Waals surface area contributed by atoms with Crippen LogP contribution < -0.4 is 0 Å². The molecular formula is C16H30O2. The summed E-state index contributed by atoms with van der Waals surface area (Å²) in [5.74, 6) is 1.49. The van der Waals surface area contributed by atoms with Crippen LogP contribution in [-0.4, -0.2) is 26.9 Å². The van der Waals surface area contributed by atoms with Gasteiger partial charge in [-0.15, -0.1) is 0 Å². The fraction of sp³-hybridized carbons (Fsp3) is 0.875. The molecule has 106 valence electrons. The zero-order valence-corrected chi connectivity index (χ0v) is 12.2. The van der Waals surface area contributed by atoms with Crippen molar-refractivity contribution < 1.29 is 9.47 Å². The molecule has 1 rings (SSSR count). The first-order chi connectivity index (χ1) is 8.74. The molecule has 0 spiro atoms. The Hall–Kier alpha value is -0.340. The SMILES string of the molecule is C=C(C)C(CCC1CCCCC1)COCCOC. The lowest BCUT2D eigenvalue weighted by atomic mass is 9.83. The largest absolute Gasteiger partial charge is 0.382 e. The van der Waals surface area contributed by atoms with Crippen LogP contribution in [0, 0.1) is 11.8 Å². The van der Waals surface area contributed by atoms with Gasteiger partial charge in [-0.3, -0.25) is 0 Å². The van der Waals surface area contributed by atoms with Crippen LogP contribution in [0.5, 0.6) is 0 Å². The van der Waals surface area contributed by atoms with Gasteiger partial charge in [-0.2, -0.15) is 0 Å². The number of methoxy groups -OCH3 is 1. The Labute approximate surface area is 113 Å². The van der Waals surface area contributed by atoms with Crippen molar-refractivity contribution in [2.24, 2.45) is 11.8 Å². The average Bonchev–Trinajstić information content (AvgIpc) is 2.38. The maximum absolute atomic E-state index is 5.65. The van der Waals surface area contributed by atoms with Gasteiger partial charge >= 0.3 is 0 Å². The maximum Gasteiger partial charge on any atom is 0.0700 e. The predicted molar refractivity (Wildman–Crippen MR) is 76.8 cm³/mol. The summed E-state index contributed by atoms with van der Waals surface area (Å²) in [7, 11) is 1.71. The quantitative estimate of drug-likeness (QED) is 0.453. The van der Waals surface area contributed by atoms with Crippen molar-refractivity contribution in [1.82, 2.24) is 0 Å². The molecule has 2 heteroatoms. The molecule has 0 aromatic rings. The second-order valence-electron chi connectivity index (χ2n) is 5.69. The lowest BCUT2D eigenvalue weighted by Crippen LogP contribution is -2.15. The zero-order chi connectivity index (χ0) is 13.2. The first-order valence-electron chi connectivity index (χ1n) is 7.46. The van der Waals surface area contributed by atoms with E-state index in [4.69, 9.17) is 9.47 Å². The molecule has 0 saturated heterocycles. The van der Waals surface area contributed by atoms with Crippen molar-refractivity contribution >= 4 is 0 Å². The van der Waals surface area contributed by atoms with Crippen LogP contribution in [0.2, 0.25) is 0 Å². The highest BCUT2D eigenvalue weighted by Gasteiger charge is 2.16. The van der Waals surface area contributed by atoms with Crippen molar-refractivity contribution in [1.29, 1.82) is 0 Å². The van der Waals surface area contributed by atoms with Crippen LogP contribution in [-0.2, 0) is 9.47 Å². The standard InChI is InChI=1S/C16H30O2/c1-14(2)16(13-18-12-11-17-3)10-9-15-7-5-4-6-8-15/h15-16H,1,4-13H2,2-3H3. The van der Waals surface area contributed by atoms with Crippen LogP contribution in [0.3, 0.4) is 0 Å². The van der Waals surface area contributed by atoms with Crippen molar-refractivity contribution in [3.8, 4) is 0 Å². The fourth-order valence-corrected chi connectivity index (χ4v) is 2.75. The van der Waals surface area contributed by atoms with Gasteiger partial charge in [0.1, 0.15) is 0 Å². The smallest absolute Gasteiger partial charge is 0.0700 e. The Morgan fingerprint density at radius 3 is 2.56 bits per heavy atom. The van der Waals surface area contributed by atoms with Crippen LogP contribution >= 0.6 is 0 Å². The van der Waals surface area contributed by atoms with Crippen LogP contribution in [0.15, 0.2) is 12.2 Å². The first kappa shape index (κ1) is 15.7. The summed E-state index contributed by atoms with van der Waals surface area (Å²) in [6.07, 6.45) is 9.79. The molecule has 0 aliphatic heterocycles. The summed E-state index contributed by atoms with van der Waals surface area (Å²) in [5.41, 5.74) is 1.27. The van der Waals surface area contributed by atoms with Crippen LogP contribution in [0.4, 0.5) is 0 Å². The molecule has 18 heavy (non-hydrogen) atoms. The van der Waals surface area contributed by atoms with E-state index in [2.05, 4.69) is 13.5 Å². The molecule has 1 aliphatic carbocycles. The van der Waals surface area contributed by atoms with Gasteiger partial charge < -0.3 is 9.47 Å². The summed E-state index contributed by atoms with van der Waals surface area (Å²) < 4.78 is 10.6. The molecule has 0 heterocycles. The molecule has 1 unspecified atom stereocenters. The topological polar surface area (TPSA) is 18.5 Å². The summed E-state index contributed by atoms with van der Waals surface area (Å²) >= 11 is 0. The minimum absolute atomic E-state index is 0.531. The second-order valence-corrected chi connectivity index (χ2v) is 5.69. The second kappa shape index (κ2) is 9.57. The normalized spacial score (nSPS) is 18.8. The molecule has 2 nitrogen and oxygen atoms in total. The van der Waals surface area contributed by atoms with E-state index >= 15 is 0 Å². The number of hydrogen-bond donors (Lipinski definition) is 0.